The van der Waals surface area contributed by atoms with Crippen LogP contribution < -0.4 is 9.47 Å². The van der Waals surface area contributed by atoms with E-state index in [9.17, 15) is 9.59 Å². The third-order valence-corrected chi connectivity index (χ3v) is 4.72. The number of carbonyl (C=O) groups is 2. The van der Waals surface area contributed by atoms with E-state index < -0.39 is 6.04 Å². The first kappa shape index (κ1) is 17.5. The monoisotopic (exact) mass is 348 g/mol. The summed E-state index contributed by atoms with van der Waals surface area (Å²) in [5.41, 5.74) is 0.470. The van der Waals surface area contributed by atoms with Crippen molar-refractivity contribution >= 4 is 11.8 Å². The molecule has 2 amide bonds. The average Bonchev–Trinajstić information content (AvgIpc) is 3.16. The van der Waals surface area contributed by atoms with E-state index in [0.29, 0.717) is 56.3 Å². The summed E-state index contributed by atoms with van der Waals surface area (Å²) in [6, 6.07) is 4.68. The van der Waals surface area contributed by atoms with Gasteiger partial charge < -0.3 is 24.0 Å². The summed E-state index contributed by atoms with van der Waals surface area (Å²) >= 11 is 0. The number of carbonyl (C=O) groups excluding carboxylic acids is 2. The Labute approximate surface area is 147 Å². The molecular weight excluding hydrogens is 324 g/mol. The summed E-state index contributed by atoms with van der Waals surface area (Å²) in [6.45, 7) is 2.87. The minimum Gasteiger partial charge on any atom is -0.497 e. The Bertz CT molecular complexity index is 620. The number of nitrogens with zero attached hydrogens (tertiary/aromatic N) is 2. The number of likely N-dealkylation sites (tertiary alicyclic amines) is 1. The fourth-order valence-electron chi connectivity index (χ4n) is 3.36. The van der Waals surface area contributed by atoms with Crippen molar-refractivity contribution in [2.24, 2.45) is 0 Å². The second-order valence-electron chi connectivity index (χ2n) is 6.20. The molecule has 0 unspecified atom stereocenters. The molecule has 2 fully saturated rings. The summed E-state index contributed by atoms with van der Waals surface area (Å²) < 4.78 is 15.8. The molecule has 0 aromatic heterocycles. The SMILES string of the molecule is COc1cc(OC)cc(C(=O)N2CCC[C@@H]2C(=O)N2CCOCC2)c1. The summed E-state index contributed by atoms with van der Waals surface area (Å²) in [4.78, 5) is 29.3. The van der Waals surface area contributed by atoms with Gasteiger partial charge in [-0.15, -0.1) is 0 Å². The van der Waals surface area contributed by atoms with Gasteiger partial charge in [-0.2, -0.15) is 0 Å². The van der Waals surface area contributed by atoms with Crippen LogP contribution in [0, 0.1) is 0 Å². The van der Waals surface area contributed by atoms with E-state index in [2.05, 4.69) is 0 Å². The van der Waals surface area contributed by atoms with E-state index in [0.717, 1.165) is 6.42 Å². The smallest absolute Gasteiger partial charge is 0.254 e. The van der Waals surface area contributed by atoms with Crippen LogP contribution in [-0.2, 0) is 9.53 Å². The molecule has 0 radical (unpaired) electrons. The molecular formula is C18H24N2O5. The van der Waals surface area contributed by atoms with Gasteiger partial charge in [0, 0.05) is 31.3 Å². The maximum absolute atomic E-state index is 13.0. The molecule has 0 bridgehead atoms. The highest BCUT2D eigenvalue weighted by molar-refractivity contribution is 5.98. The number of hydrogen-bond acceptors (Lipinski definition) is 5. The first-order chi connectivity index (χ1) is 12.1. The number of methoxy groups -OCH3 is 2. The van der Waals surface area contributed by atoms with Crippen LogP contribution in [0.25, 0.3) is 0 Å². The molecule has 7 heteroatoms. The normalized spacial score (nSPS) is 20.5. The summed E-state index contributed by atoms with van der Waals surface area (Å²) in [6.07, 6.45) is 1.52. The molecule has 0 aliphatic carbocycles. The minimum absolute atomic E-state index is 0.0176. The molecule has 2 aliphatic rings. The number of rotatable bonds is 4. The highest BCUT2D eigenvalue weighted by atomic mass is 16.5. The number of morpholine rings is 1. The van der Waals surface area contributed by atoms with Gasteiger partial charge in [-0.3, -0.25) is 9.59 Å². The molecule has 1 atom stereocenters. The third kappa shape index (κ3) is 3.71. The van der Waals surface area contributed by atoms with Gasteiger partial charge in [0.25, 0.3) is 5.91 Å². The standard InChI is InChI=1S/C18H24N2O5/c1-23-14-10-13(11-15(12-14)24-2)17(21)20-5-3-4-16(20)18(22)19-6-8-25-9-7-19/h10-12,16H,3-9H2,1-2H3/t16-/m1/s1. The van der Waals surface area contributed by atoms with Crippen molar-refractivity contribution in [2.45, 2.75) is 18.9 Å². The molecule has 2 saturated heterocycles. The van der Waals surface area contributed by atoms with Gasteiger partial charge in [0.15, 0.2) is 0 Å². The number of benzene rings is 1. The maximum atomic E-state index is 13.0. The molecule has 1 aromatic carbocycles. The van der Waals surface area contributed by atoms with Crippen LogP contribution in [0.3, 0.4) is 0 Å². The van der Waals surface area contributed by atoms with Crippen LogP contribution in [0.1, 0.15) is 23.2 Å². The topological polar surface area (TPSA) is 68.3 Å². The molecule has 0 saturated carbocycles. The van der Waals surface area contributed by atoms with Gasteiger partial charge in [-0.1, -0.05) is 0 Å². The molecule has 0 N–H and O–H groups in total. The zero-order valence-corrected chi connectivity index (χ0v) is 14.7. The fraction of sp³-hybridized carbons (Fsp3) is 0.556. The molecule has 1 aromatic rings. The van der Waals surface area contributed by atoms with E-state index in [-0.39, 0.29) is 11.8 Å². The van der Waals surface area contributed by atoms with E-state index in [1.807, 2.05) is 0 Å². The Kier molecular flexibility index (Phi) is 5.43. The molecule has 136 valence electrons. The summed E-state index contributed by atoms with van der Waals surface area (Å²) in [5, 5.41) is 0. The zero-order chi connectivity index (χ0) is 17.8. The lowest BCUT2D eigenvalue weighted by Crippen LogP contribution is -2.51. The van der Waals surface area contributed by atoms with E-state index in [1.165, 1.54) is 0 Å². The second-order valence-corrected chi connectivity index (χ2v) is 6.20. The van der Waals surface area contributed by atoms with Crippen LogP contribution >= 0.6 is 0 Å². The van der Waals surface area contributed by atoms with Crippen molar-refractivity contribution in [3.05, 3.63) is 23.8 Å². The lowest BCUT2D eigenvalue weighted by Gasteiger charge is -2.32. The Hall–Kier alpha value is -2.28. The largest absolute Gasteiger partial charge is 0.497 e. The van der Waals surface area contributed by atoms with E-state index in [1.54, 1.807) is 42.2 Å². The number of amides is 2. The Balaban J connectivity index is 1.79. The number of ether oxygens (including phenoxy) is 3. The lowest BCUT2D eigenvalue weighted by atomic mass is 10.1. The van der Waals surface area contributed by atoms with Gasteiger partial charge >= 0.3 is 0 Å². The van der Waals surface area contributed by atoms with Crippen molar-refractivity contribution in [2.75, 3.05) is 47.1 Å². The van der Waals surface area contributed by atoms with Gasteiger partial charge in [0.05, 0.1) is 27.4 Å². The molecule has 25 heavy (non-hydrogen) atoms. The van der Waals surface area contributed by atoms with Crippen LogP contribution in [0.4, 0.5) is 0 Å². The van der Waals surface area contributed by atoms with E-state index >= 15 is 0 Å². The Morgan fingerprint density at radius 1 is 1.04 bits per heavy atom. The first-order valence-electron chi connectivity index (χ1n) is 8.54. The van der Waals surface area contributed by atoms with Crippen molar-refractivity contribution in [1.82, 2.24) is 9.80 Å². The van der Waals surface area contributed by atoms with Gasteiger partial charge in [-0.05, 0) is 25.0 Å². The zero-order valence-electron chi connectivity index (χ0n) is 14.7. The van der Waals surface area contributed by atoms with E-state index in [4.69, 9.17) is 14.2 Å². The maximum Gasteiger partial charge on any atom is 0.254 e. The number of hydrogen-bond donors (Lipinski definition) is 0. The van der Waals surface area contributed by atoms with Gasteiger partial charge in [-0.25, -0.2) is 0 Å². The lowest BCUT2D eigenvalue weighted by molar-refractivity contribution is -0.139. The molecule has 2 aliphatic heterocycles. The quantitative estimate of drug-likeness (QED) is 0.817. The Morgan fingerprint density at radius 2 is 1.68 bits per heavy atom. The highest BCUT2D eigenvalue weighted by Gasteiger charge is 2.37. The van der Waals surface area contributed by atoms with Gasteiger partial charge in [0.2, 0.25) is 5.91 Å². The second kappa shape index (κ2) is 7.74. The van der Waals surface area contributed by atoms with Crippen molar-refractivity contribution < 1.29 is 23.8 Å². The van der Waals surface area contributed by atoms with Crippen molar-refractivity contribution in [3.63, 3.8) is 0 Å². The van der Waals surface area contributed by atoms with Crippen LogP contribution in [0.15, 0.2) is 18.2 Å². The Morgan fingerprint density at radius 3 is 2.28 bits per heavy atom. The third-order valence-electron chi connectivity index (χ3n) is 4.72. The molecule has 7 nitrogen and oxygen atoms in total. The average molecular weight is 348 g/mol. The summed E-state index contributed by atoms with van der Waals surface area (Å²) in [7, 11) is 3.09. The van der Waals surface area contributed by atoms with Crippen molar-refractivity contribution in [1.29, 1.82) is 0 Å². The van der Waals surface area contributed by atoms with Crippen LogP contribution in [-0.4, -0.2) is 74.7 Å². The van der Waals surface area contributed by atoms with Crippen LogP contribution in [0.2, 0.25) is 0 Å². The highest BCUT2D eigenvalue weighted by Crippen LogP contribution is 2.27. The van der Waals surface area contributed by atoms with Gasteiger partial charge in [0.1, 0.15) is 17.5 Å². The fourth-order valence-corrected chi connectivity index (χ4v) is 3.36. The van der Waals surface area contributed by atoms with Crippen LogP contribution in [0.5, 0.6) is 11.5 Å². The minimum atomic E-state index is -0.400. The predicted octanol–water partition coefficient (Wildman–Crippen LogP) is 1.17. The molecule has 2 heterocycles. The molecule has 3 rings (SSSR count). The molecule has 0 spiro atoms. The van der Waals surface area contributed by atoms with Crippen molar-refractivity contribution in [3.8, 4) is 11.5 Å². The predicted molar refractivity (Wildman–Crippen MR) is 91.0 cm³/mol. The first-order valence-corrected chi connectivity index (χ1v) is 8.54. The summed E-state index contributed by atoms with van der Waals surface area (Å²) in [5.74, 6) is 0.959.